The van der Waals surface area contributed by atoms with Crippen molar-refractivity contribution in [3.8, 4) is 0 Å². The first kappa shape index (κ1) is 26.8. The van der Waals surface area contributed by atoms with Gasteiger partial charge in [0, 0.05) is 32.7 Å². The molecule has 32 heavy (non-hydrogen) atoms. The van der Waals surface area contributed by atoms with Crippen molar-refractivity contribution in [1.82, 2.24) is 15.5 Å². The predicted octanol–water partition coefficient (Wildman–Crippen LogP) is 3.61. The molecular formula is C23H35FIN5OS. The topological polar surface area (TPSA) is 63.1 Å². The molecule has 1 aliphatic rings. The monoisotopic (exact) mass is 575 g/mol. The van der Waals surface area contributed by atoms with Crippen LogP contribution in [0.4, 0.5) is 10.1 Å². The third-order valence-corrected chi connectivity index (χ3v) is 6.36. The highest BCUT2D eigenvalue weighted by Gasteiger charge is 2.24. The molecule has 2 heterocycles. The van der Waals surface area contributed by atoms with Gasteiger partial charge in [0.2, 0.25) is 0 Å². The molecule has 0 saturated carbocycles. The fourth-order valence-corrected chi connectivity index (χ4v) is 4.43. The Kier molecular flexibility index (Phi) is 10.7. The van der Waals surface area contributed by atoms with Crippen LogP contribution in [0.15, 0.2) is 40.0 Å². The maximum absolute atomic E-state index is 14.8. The van der Waals surface area contributed by atoms with Gasteiger partial charge < -0.3 is 25.5 Å². The van der Waals surface area contributed by atoms with Crippen LogP contribution < -0.4 is 15.5 Å². The number of hydrogen-bond donors (Lipinski definition) is 3. The molecule has 0 amide bonds. The molecule has 1 aromatic carbocycles. The lowest BCUT2D eigenvalue weighted by atomic mass is 9.99. The molecule has 2 aromatic rings. The normalized spacial score (nSPS) is 16.9. The number of guanidine groups is 1. The quantitative estimate of drug-likeness (QED) is 0.255. The molecule has 1 aliphatic heterocycles. The van der Waals surface area contributed by atoms with E-state index in [1.165, 1.54) is 0 Å². The van der Waals surface area contributed by atoms with Gasteiger partial charge in [-0.25, -0.2) is 9.38 Å². The number of nitrogens with zero attached hydrogens (tertiary/aromatic N) is 3. The molecule has 3 N–H and O–H groups in total. The Morgan fingerprint density at radius 3 is 2.53 bits per heavy atom. The fourth-order valence-electron chi connectivity index (χ4n) is 3.65. The Labute approximate surface area is 211 Å². The number of benzene rings is 1. The van der Waals surface area contributed by atoms with Crippen molar-refractivity contribution < 1.29 is 9.50 Å². The predicted molar refractivity (Wildman–Crippen MR) is 143 cm³/mol. The lowest BCUT2D eigenvalue weighted by Crippen LogP contribution is -2.46. The molecule has 0 radical (unpaired) electrons. The summed E-state index contributed by atoms with van der Waals surface area (Å²) >= 11 is 1.56. The largest absolute Gasteiger partial charge is 0.384 e. The van der Waals surface area contributed by atoms with E-state index in [1.54, 1.807) is 24.3 Å². The van der Waals surface area contributed by atoms with Crippen molar-refractivity contribution in [3.05, 3.63) is 52.0 Å². The number of rotatable bonds is 8. The van der Waals surface area contributed by atoms with Gasteiger partial charge in [0.15, 0.2) is 5.96 Å². The Hall–Kier alpha value is -1.43. The molecule has 3 rings (SSSR count). The van der Waals surface area contributed by atoms with Gasteiger partial charge in [0.25, 0.3) is 0 Å². The summed E-state index contributed by atoms with van der Waals surface area (Å²) in [6, 6.07) is 7.31. The second-order valence-corrected chi connectivity index (χ2v) is 8.82. The second-order valence-electron chi connectivity index (χ2n) is 8.04. The minimum absolute atomic E-state index is 0. The van der Waals surface area contributed by atoms with Crippen LogP contribution in [0.5, 0.6) is 0 Å². The molecule has 1 saturated heterocycles. The van der Waals surface area contributed by atoms with E-state index in [9.17, 15) is 9.50 Å². The molecule has 1 atom stereocenters. The van der Waals surface area contributed by atoms with Crippen LogP contribution in [0.3, 0.4) is 0 Å². The molecule has 0 bridgehead atoms. The number of piperazine rings is 1. The lowest BCUT2D eigenvalue weighted by Gasteiger charge is -2.35. The Morgan fingerprint density at radius 1 is 1.19 bits per heavy atom. The average Bonchev–Trinajstić information content (AvgIpc) is 3.32. The number of aliphatic hydroxyl groups is 1. The van der Waals surface area contributed by atoms with Crippen molar-refractivity contribution in [3.63, 3.8) is 0 Å². The fraction of sp³-hybridized carbons (Fsp3) is 0.522. The zero-order chi connectivity index (χ0) is 22.3. The SMILES string of the molecule is CCNC(=NCc1ccc(N2CCN(CC)CC2)c(F)c1)NCC(C)(O)c1ccsc1.I. The second kappa shape index (κ2) is 12.7. The number of halogens is 2. The van der Waals surface area contributed by atoms with E-state index in [-0.39, 0.29) is 29.8 Å². The van der Waals surface area contributed by atoms with Crippen LogP contribution in [-0.2, 0) is 12.1 Å². The summed E-state index contributed by atoms with van der Waals surface area (Å²) in [7, 11) is 0. The highest BCUT2D eigenvalue weighted by molar-refractivity contribution is 14.0. The number of aliphatic imine (C=N–C) groups is 1. The van der Waals surface area contributed by atoms with E-state index in [1.807, 2.05) is 35.9 Å². The molecule has 178 valence electrons. The van der Waals surface area contributed by atoms with Gasteiger partial charge in [0.05, 0.1) is 18.8 Å². The summed E-state index contributed by atoms with van der Waals surface area (Å²) in [6.07, 6.45) is 0. The van der Waals surface area contributed by atoms with Crippen LogP contribution in [-0.4, -0.2) is 61.8 Å². The number of anilines is 1. The van der Waals surface area contributed by atoms with Crippen LogP contribution in [0.25, 0.3) is 0 Å². The molecule has 0 spiro atoms. The molecule has 1 fully saturated rings. The summed E-state index contributed by atoms with van der Waals surface area (Å²) < 4.78 is 14.8. The molecule has 1 unspecified atom stereocenters. The maximum atomic E-state index is 14.8. The van der Waals surface area contributed by atoms with Crippen molar-refractivity contribution in [2.45, 2.75) is 32.9 Å². The van der Waals surface area contributed by atoms with Crippen LogP contribution in [0.2, 0.25) is 0 Å². The third kappa shape index (κ3) is 7.29. The van der Waals surface area contributed by atoms with Crippen LogP contribution in [0.1, 0.15) is 31.9 Å². The smallest absolute Gasteiger partial charge is 0.191 e. The molecule has 6 nitrogen and oxygen atoms in total. The van der Waals surface area contributed by atoms with E-state index in [0.717, 1.165) is 43.9 Å². The van der Waals surface area contributed by atoms with Gasteiger partial charge in [-0.05, 0) is 60.5 Å². The van der Waals surface area contributed by atoms with E-state index in [4.69, 9.17) is 0 Å². The van der Waals surface area contributed by atoms with E-state index in [2.05, 4.69) is 32.3 Å². The van der Waals surface area contributed by atoms with Crippen molar-refractivity contribution >= 4 is 47.0 Å². The highest BCUT2D eigenvalue weighted by atomic mass is 127. The third-order valence-electron chi connectivity index (χ3n) is 5.68. The lowest BCUT2D eigenvalue weighted by molar-refractivity contribution is 0.0621. The van der Waals surface area contributed by atoms with Gasteiger partial charge in [-0.1, -0.05) is 13.0 Å². The first-order valence-corrected chi connectivity index (χ1v) is 11.9. The highest BCUT2D eigenvalue weighted by Crippen LogP contribution is 2.23. The first-order valence-electron chi connectivity index (χ1n) is 11.0. The first-order chi connectivity index (χ1) is 14.9. The molecule has 0 aliphatic carbocycles. The summed E-state index contributed by atoms with van der Waals surface area (Å²) in [5, 5.41) is 21.0. The number of likely N-dealkylation sites (N-methyl/N-ethyl adjacent to an activating group) is 1. The minimum Gasteiger partial charge on any atom is -0.384 e. The Balaban J connectivity index is 0.00000363. The number of nitrogens with one attached hydrogen (secondary N) is 2. The van der Waals surface area contributed by atoms with E-state index in [0.29, 0.717) is 31.3 Å². The summed E-state index contributed by atoms with van der Waals surface area (Å²) in [5.41, 5.74) is 1.36. The summed E-state index contributed by atoms with van der Waals surface area (Å²) in [4.78, 5) is 9.07. The van der Waals surface area contributed by atoms with Crippen LogP contribution >= 0.6 is 35.3 Å². The van der Waals surface area contributed by atoms with E-state index >= 15 is 0 Å². The van der Waals surface area contributed by atoms with Gasteiger partial charge in [-0.3, -0.25) is 0 Å². The minimum atomic E-state index is -0.994. The van der Waals surface area contributed by atoms with Gasteiger partial charge in [0.1, 0.15) is 11.4 Å². The van der Waals surface area contributed by atoms with Crippen molar-refractivity contribution in [2.75, 3.05) is 50.7 Å². The molecular weight excluding hydrogens is 540 g/mol. The standard InChI is InChI=1S/C23H34FN5OS.HI/c1-4-25-22(27-17-23(3,30)19-8-13-31-16-19)26-15-18-6-7-21(20(24)14-18)29-11-9-28(5-2)10-12-29;/h6-8,13-14,16,30H,4-5,9-12,15,17H2,1-3H3,(H2,25,26,27);1H. The summed E-state index contributed by atoms with van der Waals surface area (Å²) in [5.74, 6) is 0.397. The summed E-state index contributed by atoms with van der Waals surface area (Å²) in [6.45, 7) is 12.0. The van der Waals surface area contributed by atoms with E-state index < -0.39 is 5.60 Å². The zero-order valence-corrected chi connectivity index (χ0v) is 22.3. The van der Waals surface area contributed by atoms with Gasteiger partial charge in [-0.2, -0.15) is 11.3 Å². The zero-order valence-electron chi connectivity index (χ0n) is 19.1. The molecule has 9 heteroatoms. The van der Waals surface area contributed by atoms with Gasteiger partial charge >= 0.3 is 0 Å². The Morgan fingerprint density at radius 2 is 1.94 bits per heavy atom. The number of hydrogen-bond acceptors (Lipinski definition) is 5. The van der Waals surface area contributed by atoms with Crippen LogP contribution in [0, 0.1) is 5.82 Å². The number of thiophene rings is 1. The average molecular weight is 576 g/mol. The Bertz CT molecular complexity index is 854. The van der Waals surface area contributed by atoms with Crippen molar-refractivity contribution in [2.24, 2.45) is 4.99 Å². The van der Waals surface area contributed by atoms with Crippen molar-refractivity contribution in [1.29, 1.82) is 0 Å². The maximum Gasteiger partial charge on any atom is 0.191 e. The molecule has 1 aromatic heterocycles. The van der Waals surface area contributed by atoms with Gasteiger partial charge in [-0.15, -0.1) is 24.0 Å².